The average Bonchev–Trinajstić information content (AvgIpc) is 2.54. The van der Waals surface area contributed by atoms with E-state index in [0.29, 0.717) is 0 Å². The smallest absolute Gasteiger partial charge is 0.444 e. The molecule has 6 nitrogen and oxygen atoms in total. The minimum absolute atomic E-state index is 0.0394. The maximum Gasteiger partial charge on any atom is 0.534 e. The number of hydrogen-bond acceptors (Lipinski definition) is 5. The molecule has 0 radical (unpaired) electrons. The second-order valence-electron chi connectivity index (χ2n) is 4.69. The number of rotatable bonds is 5. The van der Waals surface area contributed by atoms with E-state index in [0.717, 1.165) is 17.7 Å². The summed E-state index contributed by atoms with van der Waals surface area (Å²) in [4.78, 5) is 11.6. The normalized spacial score (nSPS) is 11.6. The standard InChI is InChI=1S/C15H12F3NO5S/c16-15(17,18)25(21,22)24-13-8-6-12(7-9-13)19-14(20)23-10-11-4-2-1-3-5-11/h1-9H,10H2,(H,19,20). The fourth-order valence-electron chi connectivity index (χ4n) is 1.64. The van der Waals surface area contributed by atoms with Crippen molar-refractivity contribution in [1.29, 1.82) is 0 Å². The van der Waals surface area contributed by atoms with Crippen molar-refractivity contribution in [3.8, 4) is 5.75 Å². The molecule has 134 valence electrons. The zero-order chi connectivity index (χ0) is 18.5. The molecule has 10 heteroatoms. The molecule has 0 heterocycles. The Morgan fingerprint density at radius 1 is 1.00 bits per heavy atom. The SMILES string of the molecule is O=C(Nc1ccc(OS(=O)(=O)C(F)(F)F)cc1)OCc1ccccc1. The van der Waals surface area contributed by atoms with Gasteiger partial charge in [0.1, 0.15) is 12.4 Å². The molecule has 0 saturated carbocycles. The largest absolute Gasteiger partial charge is 0.534 e. The van der Waals surface area contributed by atoms with Crippen LogP contribution in [0.4, 0.5) is 23.7 Å². The molecule has 0 aromatic heterocycles. The van der Waals surface area contributed by atoms with E-state index in [1.165, 1.54) is 12.1 Å². The number of amides is 1. The van der Waals surface area contributed by atoms with Gasteiger partial charge in [0, 0.05) is 5.69 Å². The zero-order valence-electron chi connectivity index (χ0n) is 12.5. The highest BCUT2D eigenvalue weighted by Gasteiger charge is 2.48. The van der Waals surface area contributed by atoms with Gasteiger partial charge in [-0.1, -0.05) is 30.3 Å². The molecule has 0 aliphatic carbocycles. The van der Waals surface area contributed by atoms with E-state index in [9.17, 15) is 26.4 Å². The molecule has 0 aliphatic rings. The summed E-state index contributed by atoms with van der Waals surface area (Å²) in [7, 11) is -5.74. The lowest BCUT2D eigenvalue weighted by molar-refractivity contribution is -0.0500. The van der Waals surface area contributed by atoms with Crippen molar-refractivity contribution in [2.45, 2.75) is 12.1 Å². The van der Waals surface area contributed by atoms with Crippen LogP contribution >= 0.6 is 0 Å². The summed E-state index contributed by atoms with van der Waals surface area (Å²) in [6.07, 6.45) is -0.777. The highest BCUT2D eigenvalue weighted by Crippen LogP contribution is 2.27. The molecule has 2 aromatic carbocycles. The van der Waals surface area contributed by atoms with E-state index in [4.69, 9.17) is 4.74 Å². The maximum atomic E-state index is 12.2. The summed E-state index contributed by atoms with van der Waals surface area (Å²) in [6.45, 7) is 0.0394. The Morgan fingerprint density at radius 2 is 1.60 bits per heavy atom. The maximum absolute atomic E-state index is 12.2. The Labute approximate surface area is 141 Å². The molecule has 1 N–H and O–H groups in total. The number of nitrogens with one attached hydrogen (secondary N) is 1. The number of alkyl halides is 3. The van der Waals surface area contributed by atoms with Crippen LogP contribution in [0, 0.1) is 0 Å². The Balaban J connectivity index is 1.91. The van der Waals surface area contributed by atoms with Crippen molar-refractivity contribution in [3.63, 3.8) is 0 Å². The third kappa shape index (κ3) is 5.38. The van der Waals surface area contributed by atoms with Crippen molar-refractivity contribution < 1.29 is 35.3 Å². The molecule has 0 bridgehead atoms. The Hall–Kier alpha value is -2.75. The summed E-state index contributed by atoms with van der Waals surface area (Å²) >= 11 is 0. The summed E-state index contributed by atoms with van der Waals surface area (Å²) in [5, 5.41) is 2.34. The minimum atomic E-state index is -5.74. The van der Waals surface area contributed by atoms with E-state index in [2.05, 4.69) is 9.50 Å². The number of benzene rings is 2. The van der Waals surface area contributed by atoms with Gasteiger partial charge >= 0.3 is 21.7 Å². The van der Waals surface area contributed by atoms with Crippen molar-refractivity contribution in [2.24, 2.45) is 0 Å². The fourth-order valence-corrected chi connectivity index (χ4v) is 2.10. The van der Waals surface area contributed by atoms with Crippen LogP contribution < -0.4 is 9.50 Å². The molecule has 2 aromatic rings. The lowest BCUT2D eigenvalue weighted by Gasteiger charge is -2.10. The van der Waals surface area contributed by atoms with E-state index < -0.39 is 27.5 Å². The van der Waals surface area contributed by atoms with Crippen LogP contribution in [0.15, 0.2) is 54.6 Å². The average molecular weight is 375 g/mol. The molecule has 0 fully saturated rings. The van der Waals surface area contributed by atoms with Crippen LogP contribution in [-0.2, 0) is 21.5 Å². The first kappa shape index (κ1) is 18.6. The van der Waals surface area contributed by atoms with Crippen LogP contribution in [-0.4, -0.2) is 20.0 Å². The highest BCUT2D eigenvalue weighted by molar-refractivity contribution is 7.88. The summed E-state index contributed by atoms with van der Waals surface area (Å²) in [5.41, 5.74) is -4.56. The predicted molar refractivity (Wildman–Crippen MR) is 82.3 cm³/mol. The number of carbonyl (C=O) groups excluding carboxylic acids is 1. The second kappa shape index (κ2) is 7.43. The molecule has 0 spiro atoms. The van der Waals surface area contributed by atoms with Crippen LogP contribution in [0.3, 0.4) is 0 Å². The number of anilines is 1. The van der Waals surface area contributed by atoms with Gasteiger partial charge < -0.3 is 8.92 Å². The highest BCUT2D eigenvalue weighted by atomic mass is 32.2. The third-order valence-corrected chi connectivity index (χ3v) is 3.78. The summed E-state index contributed by atoms with van der Waals surface area (Å²) < 4.78 is 67.3. The number of carbonyl (C=O) groups is 1. The van der Waals surface area contributed by atoms with Gasteiger partial charge in [0.25, 0.3) is 0 Å². The summed E-state index contributed by atoms with van der Waals surface area (Å²) in [5.74, 6) is -0.541. The van der Waals surface area contributed by atoms with Crippen LogP contribution in [0.2, 0.25) is 0 Å². The number of ether oxygens (including phenoxy) is 1. The predicted octanol–water partition coefficient (Wildman–Crippen LogP) is 3.66. The van der Waals surface area contributed by atoms with Crippen LogP contribution in [0.25, 0.3) is 0 Å². The molecular weight excluding hydrogens is 363 g/mol. The van der Waals surface area contributed by atoms with Gasteiger partial charge in [0.05, 0.1) is 0 Å². The van der Waals surface area contributed by atoms with Gasteiger partial charge in [-0.15, -0.1) is 0 Å². The van der Waals surface area contributed by atoms with Crippen LogP contribution in [0.5, 0.6) is 5.75 Å². The van der Waals surface area contributed by atoms with Gasteiger partial charge in [-0.2, -0.15) is 21.6 Å². The van der Waals surface area contributed by atoms with Gasteiger partial charge in [-0.25, -0.2) is 4.79 Å². The van der Waals surface area contributed by atoms with Gasteiger partial charge in [-0.3, -0.25) is 5.32 Å². The van der Waals surface area contributed by atoms with Crippen molar-refractivity contribution in [3.05, 3.63) is 60.2 Å². The molecule has 25 heavy (non-hydrogen) atoms. The molecule has 0 saturated heterocycles. The Bertz CT molecular complexity index is 820. The van der Waals surface area contributed by atoms with Gasteiger partial charge in [0.2, 0.25) is 0 Å². The van der Waals surface area contributed by atoms with Gasteiger partial charge in [0.15, 0.2) is 0 Å². The molecule has 0 unspecified atom stereocenters. The quantitative estimate of drug-likeness (QED) is 0.637. The van der Waals surface area contributed by atoms with E-state index in [1.807, 2.05) is 6.07 Å². The topological polar surface area (TPSA) is 81.7 Å². The van der Waals surface area contributed by atoms with Crippen molar-refractivity contribution in [1.82, 2.24) is 0 Å². The molecule has 1 amide bonds. The number of halogens is 3. The molecule has 0 aliphatic heterocycles. The van der Waals surface area contributed by atoms with E-state index in [1.54, 1.807) is 24.3 Å². The van der Waals surface area contributed by atoms with E-state index >= 15 is 0 Å². The summed E-state index contributed by atoms with van der Waals surface area (Å²) in [6, 6.07) is 13.2. The number of hydrogen-bond donors (Lipinski definition) is 1. The van der Waals surface area contributed by atoms with Crippen molar-refractivity contribution >= 4 is 21.9 Å². The van der Waals surface area contributed by atoms with Gasteiger partial charge in [-0.05, 0) is 29.8 Å². The first-order chi connectivity index (χ1) is 11.7. The zero-order valence-corrected chi connectivity index (χ0v) is 13.3. The lowest BCUT2D eigenvalue weighted by Crippen LogP contribution is -2.28. The first-order valence-corrected chi connectivity index (χ1v) is 8.17. The Morgan fingerprint density at radius 3 is 2.16 bits per heavy atom. The lowest BCUT2D eigenvalue weighted by atomic mass is 10.2. The Kier molecular flexibility index (Phi) is 5.52. The van der Waals surface area contributed by atoms with Crippen molar-refractivity contribution in [2.75, 3.05) is 5.32 Å². The van der Waals surface area contributed by atoms with E-state index in [-0.39, 0.29) is 12.3 Å². The molecule has 2 rings (SSSR count). The fraction of sp³-hybridized carbons (Fsp3) is 0.133. The molecule has 0 atom stereocenters. The second-order valence-corrected chi connectivity index (χ2v) is 6.23. The minimum Gasteiger partial charge on any atom is -0.444 e. The van der Waals surface area contributed by atoms with Crippen LogP contribution in [0.1, 0.15) is 5.56 Å². The molecular formula is C15H12F3NO5S. The first-order valence-electron chi connectivity index (χ1n) is 6.76. The third-order valence-electron chi connectivity index (χ3n) is 2.80. The monoisotopic (exact) mass is 375 g/mol.